The molecule has 106 valence electrons. The van der Waals surface area contributed by atoms with Gasteiger partial charge in [-0.1, -0.05) is 50.8 Å². The quantitative estimate of drug-likeness (QED) is 0.669. The van der Waals surface area contributed by atoms with Crippen molar-refractivity contribution in [3.63, 3.8) is 0 Å². The summed E-state index contributed by atoms with van der Waals surface area (Å²) in [7, 11) is 0. The zero-order valence-corrected chi connectivity index (χ0v) is 12.1. The molecule has 0 aromatic heterocycles. The van der Waals surface area contributed by atoms with E-state index in [1.165, 1.54) is 5.56 Å². The van der Waals surface area contributed by atoms with E-state index in [1.807, 2.05) is 18.2 Å². The summed E-state index contributed by atoms with van der Waals surface area (Å²) in [6.45, 7) is 11.7. The Balaban J connectivity index is 2.46. The van der Waals surface area contributed by atoms with Gasteiger partial charge in [-0.25, -0.2) is 0 Å². The van der Waals surface area contributed by atoms with Crippen LogP contribution in [0.25, 0.3) is 0 Å². The lowest BCUT2D eigenvalue weighted by Gasteiger charge is -2.23. The Kier molecular flexibility index (Phi) is 7.41. The molecular formula is C16H26N2O. The predicted molar refractivity (Wildman–Crippen MR) is 81.1 cm³/mol. The van der Waals surface area contributed by atoms with Crippen LogP contribution in [0.1, 0.15) is 19.4 Å². The fourth-order valence-electron chi connectivity index (χ4n) is 1.92. The summed E-state index contributed by atoms with van der Waals surface area (Å²) in [5, 5.41) is 12.5. The molecule has 0 spiro atoms. The maximum Gasteiger partial charge on any atom is 0.0558 e. The molecule has 0 fully saturated rings. The number of hydrogen-bond acceptors (Lipinski definition) is 3. The minimum atomic E-state index is 0.178. The van der Waals surface area contributed by atoms with Crippen LogP contribution in [0.4, 0.5) is 0 Å². The summed E-state index contributed by atoms with van der Waals surface area (Å²) in [6.07, 6.45) is 0. The first kappa shape index (κ1) is 15.9. The molecule has 0 radical (unpaired) electrons. The Labute approximate surface area is 116 Å². The Morgan fingerprint density at radius 1 is 1.32 bits per heavy atom. The second kappa shape index (κ2) is 8.86. The summed E-state index contributed by atoms with van der Waals surface area (Å²) < 4.78 is 0. The Morgan fingerprint density at radius 3 is 2.58 bits per heavy atom. The van der Waals surface area contributed by atoms with Crippen molar-refractivity contribution in [3.8, 4) is 0 Å². The van der Waals surface area contributed by atoms with Crippen molar-refractivity contribution >= 4 is 0 Å². The van der Waals surface area contributed by atoms with Gasteiger partial charge in [0.25, 0.3) is 0 Å². The highest BCUT2D eigenvalue weighted by Crippen LogP contribution is 2.06. The number of rotatable bonds is 9. The van der Waals surface area contributed by atoms with E-state index >= 15 is 0 Å². The van der Waals surface area contributed by atoms with Gasteiger partial charge in [-0.15, -0.1) is 0 Å². The number of benzene rings is 1. The third kappa shape index (κ3) is 7.11. The van der Waals surface area contributed by atoms with Gasteiger partial charge >= 0.3 is 0 Å². The number of nitrogens with one attached hydrogen (secondary N) is 1. The van der Waals surface area contributed by atoms with Gasteiger partial charge in [0.05, 0.1) is 6.61 Å². The third-order valence-corrected chi connectivity index (χ3v) is 2.87. The lowest BCUT2D eigenvalue weighted by atomic mass is 10.2. The van der Waals surface area contributed by atoms with Crippen molar-refractivity contribution in [1.82, 2.24) is 10.2 Å². The summed E-state index contributed by atoms with van der Waals surface area (Å²) in [6, 6.07) is 10.8. The van der Waals surface area contributed by atoms with Crippen molar-refractivity contribution < 1.29 is 5.11 Å². The molecule has 0 aliphatic rings. The molecule has 0 amide bonds. The molecule has 3 nitrogen and oxygen atoms in total. The smallest absolute Gasteiger partial charge is 0.0558 e. The van der Waals surface area contributed by atoms with Crippen LogP contribution in [0.3, 0.4) is 0 Å². The molecule has 0 aliphatic heterocycles. The Morgan fingerprint density at radius 2 is 2.00 bits per heavy atom. The van der Waals surface area contributed by atoms with Gasteiger partial charge in [-0.05, 0) is 11.1 Å². The summed E-state index contributed by atoms with van der Waals surface area (Å²) in [5.41, 5.74) is 2.42. The average molecular weight is 262 g/mol. The molecule has 0 atom stereocenters. The van der Waals surface area contributed by atoms with E-state index in [0.29, 0.717) is 12.6 Å². The Hall–Kier alpha value is -1.16. The molecule has 0 saturated heterocycles. The van der Waals surface area contributed by atoms with Gasteiger partial charge in [0.2, 0.25) is 0 Å². The zero-order chi connectivity index (χ0) is 14.1. The maximum absolute atomic E-state index is 9.16. The fraction of sp³-hybridized carbons (Fsp3) is 0.500. The highest BCUT2D eigenvalue weighted by molar-refractivity contribution is 5.15. The molecule has 2 N–H and O–H groups in total. The number of aliphatic hydroxyl groups is 1. The lowest BCUT2D eigenvalue weighted by molar-refractivity contribution is 0.200. The van der Waals surface area contributed by atoms with E-state index in [4.69, 9.17) is 5.11 Å². The normalized spacial score (nSPS) is 11.2. The van der Waals surface area contributed by atoms with Crippen LogP contribution in [0.5, 0.6) is 0 Å². The largest absolute Gasteiger partial charge is 0.395 e. The van der Waals surface area contributed by atoms with Crippen LogP contribution in [-0.2, 0) is 6.54 Å². The first-order chi connectivity index (χ1) is 9.11. The second-order valence-corrected chi connectivity index (χ2v) is 5.21. The molecule has 0 saturated carbocycles. The van der Waals surface area contributed by atoms with Crippen LogP contribution < -0.4 is 5.32 Å². The zero-order valence-electron chi connectivity index (χ0n) is 12.1. The first-order valence-electron chi connectivity index (χ1n) is 6.89. The first-order valence-corrected chi connectivity index (χ1v) is 6.89. The number of aliphatic hydroxyl groups excluding tert-OH is 1. The van der Waals surface area contributed by atoms with Crippen molar-refractivity contribution in [2.45, 2.75) is 26.4 Å². The van der Waals surface area contributed by atoms with Crippen molar-refractivity contribution in [3.05, 3.63) is 48.0 Å². The van der Waals surface area contributed by atoms with Crippen LogP contribution in [0.15, 0.2) is 42.5 Å². The monoisotopic (exact) mass is 262 g/mol. The fourth-order valence-corrected chi connectivity index (χ4v) is 1.92. The lowest BCUT2D eigenvalue weighted by Crippen LogP contribution is -2.32. The van der Waals surface area contributed by atoms with Gasteiger partial charge in [-0.2, -0.15) is 0 Å². The molecule has 1 rings (SSSR count). The molecule has 0 aliphatic carbocycles. The van der Waals surface area contributed by atoms with Crippen LogP contribution in [0.2, 0.25) is 0 Å². The van der Waals surface area contributed by atoms with E-state index < -0.39 is 0 Å². The van der Waals surface area contributed by atoms with E-state index in [9.17, 15) is 0 Å². The molecule has 1 aromatic rings. The number of nitrogens with zero attached hydrogens (tertiary/aromatic N) is 1. The van der Waals surface area contributed by atoms with Gasteiger partial charge in [0.15, 0.2) is 0 Å². The van der Waals surface area contributed by atoms with E-state index in [1.54, 1.807) is 0 Å². The van der Waals surface area contributed by atoms with Crippen LogP contribution >= 0.6 is 0 Å². The minimum absolute atomic E-state index is 0.178. The predicted octanol–water partition coefficient (Wildman–Crippen LogP) is 2.04. The second-order valence-electron chi connectivity index (χ2n) is 5.21. The van der Waals surface area contributed by atoms with Crippen molar-refractivity contribution in [1.29, 1.82) is 0 Å². The molecule has 0 unspecified atom stereocenters. The third-order valence-electron chi connectivity index (χ3n) is 2.87. The highest BCUT2D eigenvalue weighted by Gasteiger charge is 2.07. The summed E-state index contributed by atoms with van der Waals surface area (Å²) >= 11 is 0. The maximum atomic E-state index is 9.16. The average Bonchev–Trinajstić information content (AvgIpc) is 2.38. The molecule has 19 heavy (non-hydrogen) atoms. The van der Waals surface area contributed by atoms with Crippen LogP contribution in [-0.4, -0.2) is 42.3 Å². The molecule has 3 heteroatoms. The van der Waals surface area contributed by atoms with E-state index in [0.717, 1.165) is 25.2 Å². The van der Waals surface area contributed by atoms with Crippen molar-refractivity contribution in [2.75, 3.05) is 26.2 Å². The Bertz CT molecular complexity index is 362. The highest BCUT2D eigenvalue weighted by atomic mass is 16.3. The van der Waals surface area contributed by atoms with E-state index in [2.05, 4.69) is 42.8 Å². The summed E-state index contributed by atoms with van der Waals surface area (Å²) in [4.78, 5) is 2.22. The number of hydrogen-bond donors (Lipinski definition) is 2. The molecule has 0 bridgehead atoms. The minimum Gasteiger partial charge on any atom is -0.395 e. The standard InChI is InChI=1S/C16H26N2O/c1-14(2)17-11-15(3)12-18(9-10-19)13-16-7-5-4-6-8-16/h4-8,14,17,19H,3,9-13H2,1-2H3. The molecule has 1 aromatic carbocycles. The SMILES string of the molecule is C=C(CNC(C)C)CN(CCO)Cc1ccccc1. The van der Waals surface area contributed by atoms with E-state index in [-0.39, 0.29) is 6.61 Å². The molecular weight excluding hydrogens is 236 g/mol. The van der Waals surface area contributed by atoms with Gasteiger partial charge in [0, 0.05) is 32.2 Å². The topological polar surface area (TPSA) is 35.5 Å². The molecule has 0 heterocycles. The van der Waals surface area contributed by atoms with Gasteiger partial charge < -0.3 is 10.4 Å². The van der Waals surface area contributed by atoms with Gasteiger partial charge in [0.1, 0.15) is 0 Å². The summed E-state index contributed by atoms with van der Waals surface area (Å²) in [5.74, 6) is 0. The van der Waals surface area contributed by atoms with Gasteiger partial charge in [-0.3, -0.25) is 4.90 Å². The van der Waals surface area contributed by atoms with Crippen molar-refractivity contribution in [2.24, 2.45) is 0 Å². The van der Waals surface area contributed by atoms with Crippen LogP contribution in [0, 0.1) is 0 Å².